The molecule has 0 aliphatic carbocycles. The van der Waals surface area contributed by atoms with Gasteiger partial charge in [0, 0.05) is 6.26 Å². The monoisotopic (exact) mass is 539 g/mol. The van der Waals surface area contributed by atoms with Gasteiger partial charge in [0.25, 0.3) is 0 Å². The minimum absolute atomic E-state index is 0.336. The van der Waals surface area contributed by atoms with Crippen LogP contribution in [0.4, 0.5) is 4.39 Å². The average molecular weight is 540 g/mol. The van der Waals surface area contributed by atoms with Crippen LogP contribution < -0.4 is 0 Å². The van der Waals surface area contributed by atoms with Gasteiger partial charge in [-0.3, -0.25) is 4.79 Å². The lowest BCUT2D eigenvalue weighted by Gasteiger charge is -2.17. The van der Waals surface area contributed by atoms with E-state index in [0.717, 1.165) is 49.9 Å². The lowest BCUT2D eigenvalue weighted by atomic mass is 9.87. The zero-order chi connectivity index (χ0) is 25.9. The molecule has 1 heterocycles. The van der Waals surface area contributed by atoms with Crippen molar-refractivity contribution in [2.45, 2.75) is 13.3 Å². The molecule has 0 bridgehead atoms. The highest BCUT2D eigenvalue weighted by Crippen LogP contribution is 2.38. The molecule has 36 heavy (non-hydrogen) atoms. The van der Waals surface area contributed by atoms with Crippen molar-refractivity contribution < 1.29 is 17.6 Å². The molecule has 0 fully saturated rings. The first-order chi connectivity index (χ1) is 17.1. The topological polar surface area (TPSA) is 64.1 Å². The third-order valence-corrected chi connectivity index (χ3v) is 7.53. The fraction of sp³-hybridized carbons (Fsp3) is 0.143. The molecule has 4 rings (SSSR count). The van der Waals surface area contributed by atoms with E-state index in [4.69, 9.17) is 11.6 Å². The highest BCUT2D eigenvalue weighted by Gasteiger charge is 2.17. The fourth-order valence-electron chi connectivity index (χ4n) is 4.02. The van der Waals surface area contributed by atoms with Crippen LogP contribution in [0.2, 0.25) is 5.02 Å². The fourth-order valence-corrected chi connectivity index (χ4v) is 5.57. The van der Waals surface area contributed by atoms with Crippen LogP contribution >= 0.6 is 22.9 Å². The van der Waals surface area contributed by atoms with E-state index in [-0.39, 0.29) is 0 Å². The van der Waals surface area contributed by atoms with Gasteiger partial charge in [0.15, 0.2) is 15.6 Å². The number of hydrogen-bond acceptors (Lipinski definition) is 5. The van der Waals surface area contributed by atoms with Gasteiger partial charge in [-0.15, -0.1) is 11.3 Å². The van der Waals surface area contributed by atoms with E-state index in [1.54, 1.807) is 23.5 Å². The maximum atomic E-state index is 13.8. The van der Waals surface area contributed by atoms with Crippen LogP contribution in [0.5, 0.6) is 0 Å². The first kappa shape index (κ1) is 25.9. The summed E-state index contributed by atoms with van der Waals surface area (Å²) in [4.78, 5) is 16.4. The van der Waals surface area contributed by atoms with Crippen LogP contribution in [0.3, 0.4) is 0 Å². The number of halogens is 2. The number of nitrogens with zero attached hydrogens (tertiary/aromatic N) is 1. The molecule has 0 saturated carbocycles. The summed E-state index contributed by atoms with van der Waals surface area (Å²) in [6, 6.07) is 18.1. The van der Waals surface area contributed by atoms with Crippen LogP contribution in [0.1, 0.15) is 35.6 Å². The molecule has 0 unspecified atom stereocenters. The molecule has 0 radical (unpaired) electrons. The van der Waals surface area contributed by atoms with E-state index >= 15 is 0 Å². The highest BCUT2D eigenvalue weighted by atomic mass is 35.5. The Balaban J connectivity index is 1.81. The number of carbonyl (C=O) groups excluding carboxylic acids is 1. The molecule has 4 nitrogen and oxygen atoms in total. The molecule has 0 amide bonds. The quantitative estimate of drug-likeness (QED) is 0.177. The second kappa shape index (κ2) is 10.9. The summed E-state index contributed by atoms with van der Waals surface area (Å²) in [7, 11) is -3.38. The summed E-state index contributed by atoms with van der Waals surface area (Å²) >= 11 is 8.04. The summed E-state index contributed by atoms with van der Waals surface area (Å²) < 4.78 is 37.5. The molecule has 3 aromatic carbocycles. The maximum Gasteiger partial charge on any atom is 0.170 e. The van der Waals surface area contributed by atoms with Crippen molar-refractivity contribution in [2.75, 3.05) is 12.0 Å². The largest absolute Gasteiger partial charge is 0.294 e. The van der Waals surface area contributed by atoms with Gasteiger partial charge in [-0.25, -0.2) is 17.8 Å². The maximum absolute atomic E-state index is 13.8. The van der Waals surface area contributed by atoms with Crippen molar-refractivity contribution in [1.29, 1.82) is 0 Å². The SMILES string of the molecule is CC/C(=C(/c1ccc(/C=C/C(=O)CS(C)(=O)=O)cc1)c1ccc2scnc2c1)c1ccc(F)cc1Cl. The molecule has 0 N–H and O–H groups in total. The number of benzene rings is 3. The Morgan fingerprint density at radius 2 is 1.78 bits per heavy atom. The lowest BCUT2D eigenvalue weighted by molar-refractivity contribution is -0.112. The lowest BCUT2D eigenvalue weighted by Crippen LogP contribution is -2.11. The van der Waals surface area contributed by atoms with Gasteiger partial charge in [0.1, 0.15) is 11.6 Å². The van der Waals surface area contributed by atoms with Gasteiger partial charge in [0.05, 0.1) is 20.7 Å². The number of ketones is 1. The summed E-state index contributed by atoms with van der Waals surface area (Å²) in [5.41, 5.74) is 7.99. The van der Waals surface area contributed by atoms with Gasteiger partial charge in [-0.1, -0.05) is 61.0 Å². The molecule has 0 aliphatic heterocycles. The summed E-state index contributed by atoms with van der Waals surface area (Å²) in [5, 5.41) is 0.336. The molecule has 0 spiro atoms. The Morgan fingerprint density at radius 1 is 1.06 bits per heavy atom. The first-order valence-corrected chi connectivity index (χ1v) is 14.5. The molecule has 184 valence electrons. The van der Waals surface area contributed by atoms with Crippen molar-refractivity contribution in [3.05, 3.63) is 105 Å². The number of allylic oxidation sites excluding steroid dienone is 2. The molecule has 0 atom stereocenters. The predicted molar refractivity (Wildman–Crippen MR) is 147 cm³/mol. The second-order valence-corrected chi connectivity index (χ2v) is 11.8. The smallest absolute Gasteiger partial charge is 0.170 e. The molecular formula is C28H23ClFNO3S2. The number of carbonyl (C=O) groups is 1. The van der Waals surface area contributed by atoms with Crippen molar-refractivity contribution in [1.82, 2.24) is 4.98 Å². The Bertz CT molecular complexity index is 1600. The normalized spacial score (nSPS) is 12.8. The number of aromatic nitrogens is 1. The summed E-state index contributed by atoms with van der Waals surface area (Å²) in [6.07, 6.45) is 4.55. The van der Waals surface area contributed by atoms with Crippen LogP contribution in [-0.4, -0.2) is 31.2 Å². The predicted octanol–water partition coefficient (Wildman–Crippen LogP) is 7.08. The Morgan fingerprint density at radius 3 is 2.44 bits per heavy atom. The van der Waals surface area contributed by atoms with E-state index in [1.807, 2.05) is 54.9 Å². The summed E-state index contributed by atoms with van der Waals surface area (Å²) in [6.45, 7) is 2.03. The summed E-state index contributed by atoms with van der Waals surface area (Å²) in [5.74, 6) is -1.39. The van der Waals surface area contributed by atoms with Crippen LogP contribution in [0.15, 0.2) is 72.3 Å². The number of hydrogen-bond donors (Lipinski definition) is 0. The molecule has 8 heteroatoms. The van der Waals surface area contributed by atoms with E-state index < -0.39 is 27.2 Å². The van der Waals surface area contributed by atoms with E-state index in [2.05, 4.69) is 4.98 Å². The molecular weight excluding hydrogens is 517 g/mol. The number of fused-ring (bicyclic) bond motifs is 1. The number of sulfone groups is 1. The number of rotatable bonds is 8. The third kappa shape index (κ3) is 6.16. The molecule has 0 saturated heterocycles. The van der Waals surface area contributed by atoms with Gasteiger partial charge in [0.2, 0.25) is 0 Å². The van der Waals surface area contributed by atoms with Crippen molar-refractivity contribution in [2.24, 2.45) is 0 Å². The average Bonchev–Trinajstić information content (AvgIpc) is 3.29. The van der Waals surface area contributed by atoms with Crippen molar-refractivity contribution in [3.8, 4) is 0 Å². The highest BCUT2D eigenvalue weighted by molar-refractivity contribution is 7.91. The Labute approximate surface area is 218 Å². The van der Waals surface area contributed by atoms with E-state index in [0.29, 0.717) is 11.4 Å². The van der Waals surface area contributed by atoms with Crippen LogP contribution in [-0.2, 0) is 14.6 Å². The number of thiazole rings is 1. The van der Waals surface area contributed by atoms with Crippen molar-refractivity contribution >= 4 is 66.0 Å². The second-order valence-electron chi connectivity index (χ2n) is 8.36. The molecule has 4 aromatic rings. The third-order valence-electron chi connectivity index (χ3n) is 5.60. The Hall–Kier alpha value is -3.13. The van der Waals surface area contributed by atoms with Gasteiger partial charge in [-0.2, -0.15) is 0 Å². The zero-order valence-corrected chi connectivity index (χ0v) is 22.1. The standard InChI is InChI=1S/C28H23ClFNO3S2/c1-3-23(24-12-10-21(30)15-25(24)29)28(20-9-13-27-26(14-20)31-17-35-27)19-7-4-18(5-8-19)6-11-22(32)16-36(2,33)34/h4-15,17H,3,16H2,1-2H3/b11-6+,28-23+. The van der Waals surface area contributed by atoms with E-state index in [9.17, 15) is 17.6 Å². The van der Waals surface area contributed by atoms with E-state index in [1.165, 1.54) is 18.2 Å². The van der Waals surface area contributed by atoms with Crippen LogP contribution in [0.25, 0.3) is 27.4 Å². The van der Waals surface area contributed by atoms with Gasteiger partial charge >= 0.3 is 0 Å². The molecule has 0 aliphatic rings. The molecule has 1 aromatic heterocycles. The van der Waals surface area contributed by atoms with Crippen LogP contribution in [0, 0.1) is 5.82 Å². The minimum Gasteiger partial charge on any atom is -0.294 e. The minimum atomic E-state index is -3.38. The Kier molecular flexibility index (Phi) is 7.83. The first-order valence-electron chi connectivity index (χ1n) is 11.2. The van der Waals surface area contributed by atoms with Gasteiger partial charge in [-0.05, 0) is 70.2 Å². The zero-order valence-electron chi connectivity index (χ0n) is 19.7. The van der Waals surface area contributed by atoms with Gasteiger partial charge < -0.3 is 0 Å². The van der Waals surface area contributed by atoms with Crippen molar-refractivity contribution in [3.63, 3.8) is 0 Å².